The fourth-order valence-corrected chi connectivity index (χ4v) is 10.5. The number of carbonyl (C=O) groups excluding carboxylic acids is 13. The van der Waals surface area contributed by atoms with Gasteiger partial charge in [0, 0.05) is 79.0 Å². The fraction of sp³-hybridized carbons (Fsp3) is 0.544. The monoisotopic (exact) mass is 1420 g/mol. The molecule has 12 atom stereocenters. The van der Waals surface area contributed by atoms with Gasteiger partial charge in [-0.2, -0.15) is 50.5 Å². The van der Waals surface area contributed by atoms with Gasteiger partial charge in [0.15, 0.2) is 0 Å². The first-order valence-corrected chi connectivity index (χ1v) is 32.9. The van der Waals surface area contributed by atoms with Gasteiger partial charge in [-0.1, -0.05) is 30.3 Å². The van der Waals surface area contributed by atoms with E-state index in [1.165, 1.54) is 36.9 Å². The number of aromatic nitrogens is 4. The third kappa shape index (κ3) is 26.3. The normalized spacial score (nSPS) is 16.1. The zero-order valence-corrected chi connectivity index (χ0v) is 55.9. The van der Waals surface area contributed by atoms with Crippen molar-refractivity contribution in [3.63, 3.8) is 0 Å². The number of hydrogen-bond acceptors (Lipinski definition) is 23. The molecule has 3 aromatic rings. The summed E-state index contributed by atoms with van der Waals surface area (Å²) in [5, 5.41) is 46.4. The lowest BCUT2D eigenvalue weighted by atomic mass is 10.0. The summed E-state index contributed by atoms with van der Waals surface area (Å²) in [6, 6.07) is -7.94. The smallest absolute Gasteiger partial charge is 0.303 e. The first kappa shape index (κ1) is 79.9. The van der Waals surface area contributed by atoms with E-state index in [1.54, 1.807) is 30.3 Å². The number of carbonyl (C=O) groups is 14. The number of likely N-dealkylation sites (tertiary alicyclic amines) is 1. The van der Waals surface area contributed by atoms with Crippen LogP contribution in [-0.4, -0.2) is 240 Å². The van der Waals surface area contributed by atoms with Gasteiger partial charge in [-0.05, 0) is 57.6 Å². The van der Waals surface area contributed by atoms with Crippen LogP contribution in [0.3, 0.4) is 0 Å². The zero-order valence-electron chi connectivity index (χ0n) is 52.3. The molecule has 0 spiro atoms. The van der Waals surface area contributed by atoms with Crippen LogP contribution >= 0.6 is 50.5 Å². The van der Waals surface area contributed by atoms with Crippen molar-refractivity contribution in [3.8, 4) is 0 Å². The molecule has 39 heteroatoms. The molecular formula is C57H85N19O16S4. The predicted molar refractivity (Wildman–Crippen MR) is 357 cm³/mol. The van der Waals surface area contributed by atoms with Crippen LogP contribution in [0.1, 0.15) is 68.8 Å². The average molecular weight is 1420 g/mol. The molecule has 0 radical (unpaired) electrons. The molecule has 3 heterocycles. The second-order valence-electron chi connectivity index (χ2n) is 22.1. The lowest BCUT2D eigenvalue weighted by Gasteiger charge is -2.30. The summed E-state index contributed by atoms with van der Waals surface area (Å²) in [5.41, 5.74) is 18.2. The van der Waals surface area contributed by atoms with Gasteiger partial charge in [-0.3, -0.25) is 67.1 Å². The molecule has 528 valence electrons. The minimum absolute atomic E-state index is 0.0128. The minimum Gasteiger partial charge on any atom is -0.481 e. The average Bonchev–Trinajstić information content (AvgIpc) is 1.79. The summed E-state index contributed by atoms with van der Waals surface area (Å²) in [7, 11) is 0. The Morgan fingerprint density at radius 2 is 1.06 bits per heavy atom. The molecule has 2 aromatic heterocycles. The summed E-state index contributed by atoms with van der Waals surface area (Å²) >= 11 is 16.5. The van der Waals surface area contributed by atoms with Crippen molar-refractivity contribution in [2.45, 2.75) is 144 Å². The number of aliphatic hydroxyl groups is 1. The molecule has 0 bridgehead atoms. The summed E-state index contributed by atoms with van der Waals surface area (Å²) in [6.45, 7) is -0.0943. The predicted octanol–water partition coefficient (Wildman–Crippen LogP) is -7.35. The highest BCUT2D eigenvalue weighted by atomic mass is 32.1. The number of H-pyrrole nitrogens is 2. The lowest BCUT2D eigenvalue weighted by molar-refractivity contribution is -0.142. The molecule has 1 aromatic carbocycles. The largest absolute Gasteiger partial charge is 0.481 e. The van der Waals surface area contributed by atoms with E-state index in [-0.39, 0.29) is 74.6 Å². The molecule has 0 aliphatic carbocycles. The molecule has 1 aliphatic rings. The first-order chi connectivity index (χ1) is 45.8. The Balaban J connectivity index is 1.40. The Morgan fingerprint density at radius 1 is 0.583 bits per heavy atom. The van der Waals surface area contributed by atoms with Crippen LogP contribution in [0, 0.1) is 0 Å². The third-order valence-corrected chi connectivity index (χ3v) is 16.3. The van der Waals surface area contributed by atoms with E-state index in [0.717, 1.165) is 0 Å². The maximum atomic E-state index is 14.4. The van der Waals surface area contributed by atoms with Crippen LogP contribution in [-0.2, 0) is 86.4 Å². The lowest BCUT2D eigenvalue weighted by Crippen LogP contribution is -2.60. The molecule has 1 saturated heterocycles. The molecule has 0 saturated carbocycles. The van der Waals surface area contributed by atoms with Crippen molar-refractivity contribution in [3.05, 3.63) is 72.3 Å². The standard InChI is InChI=1S/C57H85N19O16S4/c1-29(66-56(91)43-11-7-15-76(43)57(92)37(18-32-20-62-28-65-32)70-54(89)42(26-96)75-55(90)41(25-95)74-48(83)33(59)12-13-45(79)80)47(82)73-40(24-94)49(84)63-21-44(78)67-34(10-5-6-14-58)50(85)69-36(17-31-19-61-27-64-31)52(87)68-35(16-30-8-3-2-4-9-30)51(86)71-38(22-77)53(88)72-39(23-93)46(60)81/h2-4,8-9,19-20,27-29,33-43,77,93-96H,5-7,10-18,21-26,58-59H2,1H3,(H2,60,81)(H,61,64)(H,62,65)(H,63,84)(H,66,91)(H,67,78)(H,68,87)(H,69,85)(H,70,89)(H,71,86)(H,72,88)(H,73,82)(H,74,83)(H,75,90)(H,79,80). The van der Waals surface area contributed by atoms with Gasteiger partial charge in [0.25, 0.3) is 0 Å². The highest BCUT2D eigenvalue weighted by Gasteiger charge is 2.41. The first-order valence-electron chi connectivity index (χ1n) is 30.4. The molecular weight excluding hydrogens is 1340 g/mol. The van der Waals surface area contributed by atoms with E-state index < -0.39 is 175 Å². The number of nitrogens with one attached hydrogen (secondary N) is 13. The molecule has 21 N–H and O–H groups in total. The van der Waals surface area contributed by atoms with Crippen LogP contribution < -0.4 is 75.7 Å². The number of aromatic amines is 2. The number of hydrogen-bond donors (Lipinski definition) is 22. The van der Waals surface area contributed by atoms with Crippen LogP contribution in [0.2, 0.25) is 0 Å². The molecule has 35 nitrogen and oxygen atoms in total. The van der Waals surface area contributed by atoms with Crippen molar-refractivity contribution in [1.29, 1.82) is 0 Å². The van der Waals surface area contributed by atoms with Crippen LogP contribution in [0.5, 0.6) is 0 Å². The van der Waals surface area contributed by atoms with Crippen LogP contribution in [0.15, 0.2) is 55.4 Å². The van der Waals surface area contributed by atoms with Gasteiger partial charge in [0.05, 0.1) is 31.8 Å². The van der Waals surface area contributed by atoms with Crippen molar-refractivity contribution >= 4 is 133 Å². The van der Waals surface area contributed by atoms with Crippen molar-refractivity contribution in [2.24, 2.45) is 17.2 Å². The number of carboxylic acid groups (broad SMARTS) is 1. The second-order valence-corrected chi connectivity index (χ2v) is 23.6. The summed E-state index contributed by atoms with van der Waals surface area (Å²) in [4.78, 5) is 202. The Hall–Kier alpha value is -8.50. The number of rotatable bonds is 42. The quantitative estimate of drug-likeness (QED) is 0.0185. The number of benzene rings is 1. The number of carboxylic acids is 1. The number of imidazole rings is 2. The third-order valence-electron chi connectivity index (χ3n) is 14.8. The number of primary amides is 1. The molecule has 96 heavy (non-hydrogen) atoms. The van der Waals surface area contributed by atoms with Crippen molar-refractivity contribution < 1.29 is 77.3 Å². The van der Waals surface area contributed by atoms with Gasteiger partial charge >= 0.3 is 5.97 Å². The number of aliphatic hydroxyl groups excluding tert-OH is 1. The second kappa shape index (κ2) is 41.5. The maximum absolute atomic E-state index is 14.4. The SMILES string of the molecule is CC(NC(=O)C1CCCN1C(=O)C(Cc1cnc[nH]1)NC(=O)C(CS)NC(=O)C(CS)NC(=O)C(N)CCC(=O)O)C(=O)NC(CS)C(=O)NCC(=O)NC(CCCCN)C(=O)NC(Cc1cnc[nH]1)C(=O)NC(Cc1ccccc1)C(=O)NC(CO)C(=O)NC(CS)C(N)=O. The molecule has 1 fully saturated rings. The van der Waals surface area contributed by atoms with E-state index in [2.05, 4.69) is 129 Å². The topological polar surface area (TPSA) is 550 Å². The number of amides is 13. The van der Waals surface area contributed by atoms with E-state index in [0.29, 0.717) is 36.2 Å². The van der Waals surface area contributed by atoms with E-state index >= 15 is 0 Å². The molecule has 13 amide bonds. The summed E-state index contributed by atoms with van der Waals surface area (Å²) in [5.74, 6) is -13.6. The molecule has 4 rings (SSSR count). The fourth-order valence-electron chi connectivity index (χ4n) is 9.48. The number of nitrogens with zero attached hydrogens (tertiary/aromatic N) is 3. The van der Waals surface area contributed by atoms with E-state index in [4.69, 9.17) is 22.3 Å². The Kier molecular flexibility index (Phi) is 34.5. The minimum atomic E-state index is -1.61. The molecule has 1 aliphatic heterocycles. The summed E-state index contributed by atoms with van der Waals surface area (Å²) in [6.07, 6.45) is 5.44. The van der Waals surface area contributed by atoms with Gasteiger partial charge in [0.1, 0.15) is 66.5 Å². The van der Waals surface area contributed by atoms with Gasteiger partial charge in [-0.25, -0.2) is 9.97 Å². The van der Waals surface area contributed by atoms with E-state index in [1.807, 2.05) is 0 Å². The summed E-state index contributed by atoms with van der Waals surface area (Å²) < 4.78 is 0. The number of thiol groups is 4. The Labute approximate surface area is 573 Å². The number of unbranched alkanes of at least 4 members (excludes halogenated alkanes) is 1. The van der Waals surface area contributed by atoms with Crippen molar-refractivity contribution in [1.82, 2.24) is 83.3 Å². The van der Waals surface area contributed by atoms with Crippen molar-refractivity contribution in [2.75, 3.05) is 49.3 Å². The van der Waals surface area contributed by atoms with E-state index in [9.17, 15) is 72.2 Å². The maximum Gasteiger partial charge on any atom is 0.303 e. The van der Waals surface area contributed by atoms with Gasteiger partial charge in [-0.15, -0.1) is 0 Å². The highest BCUT2D eigenvalue weighted by molar-refractivity contribution is 7.80. The molecule has 12 unspecified atom stereocenters. The van der Waals surface area contributed by atoms with Gasteiger partial charge < -0.3 is 101 Å². The van der Waals surface area contributed by atoms with Crippen LogP contribution in [0.4, 0.5) is 0 Å². The Bertz CT molecular complexity index is 3120. The highest BCUT2D eigenvalue weighted by Crippen LogP contribution is 2.20. The van der Waals surface area contributed by atoms with Gasteiger partial charge in [0.2, 0.25) is 76.8 Å². The number of aliphatic carboxylic acids is 1. The Morgan fingerprint density at radius 3 is 1.59 bits per heavy atom. The number of nitrogens with two attached hydrogens (primary N) is 3. The van der Waals surface area contributed by atoms with Crippen LogP contribution in [0.25, 0.3) is 0 Å². The zero-order chi connectivity index (χ0) is 71.0.